The van der Waals surface area contributed by atoms with Gasteiger partial charge in [0.2, 0.25) is 0 Å². The Hall–Kier alpha value is -3.80. The van der Waals surface area contributed by atoms with Crippen LogP contribution in [0.3, 0.4) is 0 Å². The average molecular weight is 376 g/mol. The molecule has 0 spiro atoms. The zero-order chi connectivity index (χ0) is 19.9. The maximum Gasteiger partial charge on any atom is 0.263 e. The van der Waals surface area contributed by atoms with Crippen LogP contribution in [0.1, 0.15) is 20.7 Å². The summed E-state index contributed by atoms with van der Waals surface area (Å²) in [7, 11) is 2.98. The fraction of sp³-hybridized carbons (Fsp3) is 0.0909. The number of anilines is 2. The van der Waals surface area contributed by atoms with Gasteiger partial charge < -0.3 is 20.1 Å². The largest absolute Gasteiger partial charge is 0.496 e. The second-order valence-electron chi connectivity index (χ2n) is 5.89. The van der Waals surface area contributed by atoms with Gasteiger partial charge in [-0.15, -0.1) is 0 Å². The van der Waals surface area contributed by atoms with Crippen molar-refractivity contribution in [2.45, 2.75) is 0 Å². The lowest BCUT2D eigenvalue weighted by Gasteiger charge is -2.13. The van der Waals surface area contributed by atoms with Gasteiger partial charge in [0.1, 0.15) is 17.1 Å². The van der Waals surface area contributed by atoms with Gasteiger partial charge in [0.15, 0.2) is 0 Å². The number of benzene rings is 3. The lowest BCUT2D eigenvalue weighted by molar-refractivity contribution is 0.101. The summed E-state index contributed by atoms with van der Waals surface area (Å²) in [5.41, 5.74) is 1.95. The third-order valence-electron chi connectivity index (χ3n) is 4.07. The van der Waals surface area contributed by atoms with E-state index < -0.39 is 0 Å². The summed E-state index contributed by atoms with van der Waals surface area (Å²) in [5, 5.41) is 5.63. The van der Waals surface area contributed by atoms with E-state index in [1.165, 1.54) is 14.2 Å². The molecular formula is C22H20N2O4. The molecule has 2 amide bonds. The maximum absolute atomic E-state index is 12.8. The van der Waals surface area contributed by atoms with Crippen molar-refractivity contribution in [3.63, 3.8) is 0 Å². The highest BCUT2D eigenvalue weighted by molar-refractivity contribution is 6.09. The van der Waals surface area contributed by atoms with Crippen LogP contribution in [0.25, 0.3) is 0 Å². The molecule has 3 aromatic carbocycles. The molecule has 28 heavy (non-hydrogen) atoms. The summed E-state index contributed by atoms with van der Waals surface area (Å²) < 4.78 is 10.5. The molecule has 0 saturated carbocycles. The van der Waals surface area contributed by atoms with Crippen LogP contribution >= 0.6 is 0 Å². The van der Waals surface area contributed by atoms with Crippen molar-refractivity contribution >= 4 is 23.2 Å². The molecule has 0 aliphatic carbocycles. The van der Waals surface area contributed by atoms with E-state index >= 15 is 0 Å². The molecule has 6 nitrogen and oxygen atoms in total. The Morgan fingerprint density at radius 1 is 0.679 bits per heavy atom. The number of amides is 2. The van der Waals surface area contributed by atoms with Gasteiger partial charge in [0.25, 0.3) is 11.8 Å². The normalized spacial score (nSPS) is 10.1. The minimum atomic E-state index is -0.374. The van der Waals surface area contributed by atoms with Crippen molar-refractivity contribution in [1.29, 1.82) is 0 Å². The summed E-state index contributed by atoms with van der Waals surface area (Å²) in [6, 6.07) is 20.9. The Labute approximate surface area is 163 Å². The van der Waals surface area contributed by atoms with E-state index in [0.29, 0.717) is 34.0 Å². The summed E-state index contributed by atoms with van der Waals surface area (Å²) in [4.78, 5) is 25.1. The summed E-state index contributed by atoms with van der Waals surface area (Å²) in [6.07, 6.45) is 0. The smallest absolute Gasteiger partial charge is 0.263 e. The summed E-state index contributed by atoms with van der Waals surface area (Å²) in [6.45, 7) is 0. The highest BCUT2D eigenvalue weighted by Gasteiger charge is 2.18. The highest BCUT2D eigenvalue weighted by Crippen LogP contribution is 2.29. The Kier molecular flexibility index (Phi) is 5.91. The number of carbonyl (C=O) groups is 2. The van der Waals surface area contributed by atoms with Crippen LogP contribution in [0.2, 0.25) is 0 Å². The Morgan fingerprint density at radius 2 is 1.21 bits per heavy atom. The molecule has 0 heterocycles. The van der Waals surface area contributed by atoms with Crippen molar-refractivity contribution in [2.24, 2.45) is 0 Å². The van der Waals surface area contributed by atoms with E-state index in [2.05, 4.69) is 10.6 Å². The molecule has 0 aromatic heterocycles. The van der Waals surface area contributed by atoms with Gasteiger partial charge in [0, 0.05) is 16.9 Å². The predicted octanol–water partition coefficient (Wildman–Crippen LogP) is 4.21. The Morgan fingerprint density at radius 3 is 1.79 bits per heavy atom. The molecule has 0 radical (unpaired) electrons. The zero-order valence-electron chi connectivity index (χ0n) is 15.6. The standard InChI is InChI=1S/C22H20N2O4/c1-27-18-12-7-13-19(28-2)20(18)22(26)24-17-11-6-10-16(14-17)23-21(25)15-8-4-3-5-9-15/h3-14H,1-2H3,(H,23,25)(H,24,26). The van der Waals surface area contributed by atoms with Crippen LogP contribution in [0.5, 0.6) is 11.5 Å². The first-order chi connectivity index (χ1) is 13.6. The molecule has 142 valence electrons. The van der Waals surface area contributed by atoms with Crippen molar-refractivity contribution in [3.05, 3.63) is 83.9 Å². The van der Waals surface area contributed by atoms with E-state index in [-0.39, 0.29) is 11.8 Å². The highest BCUT2D eigenvalue weighted by atomic mass is 16.5. The molecule has 0 atom stereocenters. The molecule has 0 aliphatic rings. The molecule has 3 aromatic rings. The number of rotatable bonds is 6. The van der Waals surface area contributed by atoms with E-state index in [1.807, 2.05) is 6.07 Å². The number of ether oxygens (including phenoxy) is 2. The van der Waals surface area contributed by atoms with Crippen LogP contribution in [-0.2, 0) is 0 Å². The SMILES string of the molecule is COc1cccc(OC)c1C(=O)Nc1cccc(NC(=O)c2ccccc2)c1. The van der Waals surface area contributed by atoms with Gasteiger partial charge in [-0.2, -0.15) is 0 Å². The van der Waals surface area contributed by atoms with Gasteiger partial charge in [-0.1, -0.05) is 30.3 Å². The monoisotopic (exact) mass is 376 g/mol. The molecule has 0 saturated heterocycles. The number of hydrogen-bond donors (Lipinski definition) is 2. The maximum atomic E-state index is 12.8. The first-order valence-electron chi connectivity index (χ1n) is 8.61. The Bertz CT molecular complexity index is 965. The molecule has 0 aliphatic heterocycles. The van der Waals surface area contributed by atoms with Crippen LogP contribution in [-0.4, -0.2) is 26.0 Å². The molecule has 6 heteroatoms. The van der Waals surface area contributed by atoms with Crippen molar-refractivity contribution in [1.82, 2.24) is 0 Å². The summed E-state index contributed by atoms with van der Waals surface area (Å²) in [5.74, 6) is 0.215. The van der Waals surface area contributed by atoms with E-state index in [9.17, 15) is 9.59 Å². The van der Waals surface area contributed by atoms with Gasteiger partial charge in [-0.3, -0.25) is 9.59 Å². The third-order valence-corrected chi connectivity index (χ3v) is 4.07. The van der Waals surface area contributed by atoms with E-state index in [4.69, 9.17) is 9.47 Å². The van der Waals surface area contributed by atoms with Crippen LogP contribution in [0.15, 0.2) is 72.8 Å². The van der Waals surface area contributed by atoms with Crippen molar-refractivity contribution in [2.75, 3.05) is 24.9 Å². The molecule has 0 fully saturated rings. The molecular weight excluding hydrogens is 356 g/mol. The fourth-order valence-corrected chi connectivity index (χ4v) is 2.74. The zero-order valence-corrected chi connectivity index (χ0v) is 15.6. The number of carbonyl (C=O) groups excluding carboxylic acids is 2. The molecule has 0 unspecified atom stereocenters. The van der Waals surface area contributed by atoms with Gasteiger partial charge >= 0.3 is 0 Å². The van der Waals surface area contributed by atoms with Crippen LogP contribution < -0.4 is 20.1 Å². The molecule has 2 N–H and O–H groups in total. The second kappa shape index (κ2) is 8.73. The molecule has 0 bridgehead atoms. The van der Waals surface area contributed by atoms with Crippen LogP contribution in [0, 0.1) is 0 Å². The van der Waals surface area contributed by atoms with Gasteiger partial charge in [-0.25, -0.2) is 0 Å². The second-order valence-corrected chi connectivity index (χ2v) is 5.89. The van der Waals surface area contributed by atoms with Gasteiger partial charge in [0.05, 0.1) is 14.2 Å². The number of methoxy groups -OCH3 is 2. The average Bonchev–Trinajstić information content (AvgIpc) is 2.73. The third kappa shape index (κ3) is 4.29. The summed E-state index contributed by atoms with van der Waals surface area (Å²) >= 11 is 0. The topological polar surface area (TPSA) is 76.7 Å². The fourth-order valence-electron chi connectivity index (χ4n) is 2.74. The van der Waals surface area contributed by atoms with Gasteiger partial charge in [-0.05, 0) is 42.5 Å². The number of nitrogens with one attached hydrogen (secondary N) is 2. The van der Waals surface area contributed by atoms with Crippen molar-refractivity contribution in [3.8, 4) is 11.5 Å². The molecule has 3 rings (SSSR count). The van der Waals surface area contributed by atoms with E-state index in [0.717, 1.165) is 0 Å². The predicted molar refractivity (Wildman–Crippen MR) is 108 cm³/mol. The first kappa shape index (κ1) is 19.0. The minimum Gasteiger partial charge on any atom is -0.496 e. The first-order valence-corrected chi connectivity index (χ1v) is 8.61. The lowest BCUT2D eigenvalue weighted by atomic mass is 10.1. The lowest BCUT2D eigenvalue weighted by Crippen LogP contribution is -2.15. The van der Waals surface area contributed by atoms with Crippen molar-refractivity contribution < 1.29 is 19.1 Å². The van der Waals surface area contributed by atoms with Crippen LogP contribution in [0.4, 0.5) is 11.4 Å². The minimum absolute atomic E-state index is 0.226. The van der Waals surface area contributed by atoms with E-state index in [1.54, 1.807) is 66.7 Å². The quantitative estimate of drug-likeness (QED) is 0.676. The Balaban J connectivity index is 1.78. The number of hydrogen-bond acceptors (Lipinski definition) is 4.